The van der Waals surface area contributed by atoms with Crippen molar-refractivity contribution in [3.05, 3.63) is 101 Å². The molecule has 0 unspecified atom stereocenters. The highest BCUT2D eigenvalue weighted by Gasteiger charge is 2.24. The highest BCUT2D eigenvalue weighted by molar-refractivity contribution is 7.80. The molecule has 0 spiro atoms. The molecule has 7 heteroatoms. The summed E-state index contributed by atoms with van der Waals surface area (Å²) in [5.74, 6) is -0.425. The SMILES string of the molecule is CN1Cc2cc(-c3ccc(-c4cncc(CC(=S)CC(=O)c5ccc(F)cc5)c4)s3)ccc2C1=O. The first-order chi connectivity index (χ1) is 16.9. The summed E-state index contributed by atoms with van der Waals surface area (Å²) >= 11 is 7.14. The Morgan fingerprint density at radius 2 is 1.77 bits per heavy atom. The second-order valence-electron chi connectivity index (χ2n) is 8.60. The molecule has 0 atom stereocenters. The van der Waals surface area contributed by atoms with Gasteiger partial charge in [-0.1, -0.05) is 18.3 Å². The molecule has 5 rings (SSSR count). The second kappa shape index (κ2) is 9.60. The molecule has 35 heavy (non-hydrogen) atoms. The van der Waals surface area contributed by atoms with Crippen LogP contribution in [0.15, 0.2) is 73.1 Å². The summed E-state index contributed by atoms with van der Waals surface area (Å²) in [6, 6.07) is 17.7. The fraction of sp³-hybridized carbons (Fsp3) is 0.143. The van der Waals surface area contributed by atoms with Crippen LogP contribution in [-0.4, -0.2) is 33.5 Å². The maximum atomic E-state index is 13.1. The molecule has 1 aliphatic rings. The van der Waals surface area contributed by atoms with E-state index in [4.69, 9.17) is 12.2 Å². The quantitative estimate of drug-likeness (QED) is 0.218. The molecule has 4 nitrogen and oxygen atoms in total. The van der Waals surface area contributed by atoms with Gasteiger partial charge in [-0.3, -0.25) is 14.6 Å². The maximum absolute atomic E-state index is 13.1. The normalized spacial score (nSPS) is 12.6. The van der Waals surface area contributed by atoms with Crippen LogP contribution < -0.4 is 0 Å². The molecule has 0 radical (unpaired) electrons. The molecule has 2 aromatic heterocycles. The molecule has 1 aliphatic heterocycles. The number of hydrogen-bond donors (Lipinski definition) is 0. The van der Waals surface area contributed by atoms with E-state index in [2.05, 4.69) is 23.2 Å². The zero-order chi connectivity index (χ0) is 24.5. The van der Waals surface area contributed by atoms with Crippen LogP contribution in [0.5, 0.6) is 0 Å². The van der Waals surface area contributed by atoms with Crippen LogP contribution >= 0.6 is 23.6 Å². The van der Waals surface area contributed by atoms with Crippen molar-refractivity contribution in [1.82, 2.24) is 9.88 Å². The van der Waals surface area contributed by atoms with Crippen molar-refractivity contribution in [2.75, 3.05) is 7.05 Å². The largest absolute Gasteiger partial charge is 0.337 e. The Balaban J connectivity index is 1.29. The van der Waals surface area contributed by atoms with E-state index in [1.807, 2.05) is 31.4 Å². The zero-order valence-corrected chi connectivity index (χ0v) is 20.6. The third-order valence-electron chi connectivity index (χ3n) is 5.98. The Morgan fingerprint density at radius 3 is 2.54 bits per heavy atom. The Bertz CT molecular complexity index is 1460. The molecule has 0 saturated carbocycles. The number of thiophene rings is 1. The van der Waals surface area contributed by atoms with Gasteiger partial charge in [-0.2, -0.15) is 0 Å². The minimum Gasteiger partial charge on any atom is -0.337 e. The molecule has 3 heterocycles. The van der Waals surface area contributed by atoms with Crippen molar-refractivity contribution in [2.45, 2.75) is 19.4 Å². The van der Waals surface area contributed by atoms with Crippen molar-refractivity contribution < 1.29 is 14.0 Å². The van der Waals surface area contributed by atoms with Gasteiger partial charge in [0.15, 0.2) is 5.78 Å². The van der Waals surface area contributed by atoms with E-state index in [1.165, 1.54) is 24.3 Å². The minimum atomic E-state index is -0.373. The van der Waals surface area contributed by atoms with Crippen LogP contribution in [0.25, 0.3) is 20.9 Å². The van der Waals surface area contributed by atoms with Gasteiger partial charge >= 0.3 is 0 Å². The van der Waals surface area contributed by atoms with E-state index in [9.17, 15) is 14.0 Å². The number of halogens is 1. The average Bonchev–Trinajstić information content (AvgIpc) is 3.44. The van der Waals surface area contributed by atoms with Crippen LogP contribution in [0, 0.1) is 5.82 Å². The maximum Gasteiger partial charge on any atom is 0.254 e. The van der Waals surface area contributed by atoms with Crippen LogP contribution in [0.3, 0.4) is 0 Å². The molecule has 4 aromatic rings. The summed E-state index contributed by atoms with van der Waals surface area (Å²) in [5.41, 5.74) is 5.30. The molecule has 174 valence electrons. The second-order valence-corrected chi connectivity index (χ2v) is 10.3. The lowest BCUT2D eigenvalue weighted by Gasteiger charge is -2.06. The summed E-state index contributed by atoms with van der Waals surface area (Å²) in [6.45, 7) is 0.635. The van der Waals surface area contributed by atoms with Gasteiger partial charge in [0.2, 0.25) is 0 Å². The summed E-state index contributed by atoms with van der Waals surface area (Å²) in [7, 11) is 1.82. The summed E-state index contributed by atoms with van der Waals surface area (Å²) in [5, 5.41) is 0. The lowest BCUT2D eigenvalue weighted by atomic mass is 10.0. The number of nitrogens with zero attached hydrogens (tertiary/aromatic N) is 2. The molecule has 0 fully saturated rings. The van der Waals surface area contributed by atoms with Crippen molar-refractivity contribution in [3.63, 3.8) is 0 Å². The van der Waals surface area contributed by atoms with E-state index < -0.39 is 0 Å². The first-order valence-corrected chi connectivity index (χ1v) is 12.3. The number of ketones is 1. The highest BCUT2D eigenvalue weighted by Crippen LogP contribution is 2.36. The van der Waals surface area contributed by atoms with Gasteiger partial charge in [-0.25, -0.2) is 4.39 Å². The number of pyridine rings is 1. The molecule has 0 saturated heterocycles. The lowest BCUT2D eigenvalue weighted by Crippen LogP contribution is -2.17. The Labute approximate surface area is 212 Å². The predicted molar refractivity (Wildman–Crippen MR) is 140 cm³/mol. The van der Waals surface area contributed by atoms with Crippen molar-refractivity contribution >= 4 is 40.1 Å². The Morgan fingerprint density at radius 1 is 1.03 bits per heavy atom. The minimum absolute atomic E-state index is 0.0681. The first-order valence-electron chi connectivity index (χ1n) is 11.1. The van der Waals surface area contributed by atoms with Crippen LogP contribution in [-0.2, 0) is 13.0 Å². The molecule has 0 bridgehead atoms. The predicted octanol–water partition coefficient (Wildman–Crippen LogP) is 6.39. The van der Waals surface area contributed by atoms with Gasteiger partial charge in [0.05, 0.1) is 0 Å². The van der Waals surface area contributed by atoms with E-state index in [0.717, 1.165) is 37.6 Å². The molecule has 0 N–H and O–H groups in total. The Kier molecular flexibility index (Phi) is 6.36. The molecule has 1 amide bonds. The lowest BCUT2D eigenvalue weighted by molar-refractivity contribution is 0.0816. The standard InChI is InChI=1S/C28H21FN2O2S2/c1-31-16-21-12-19(4-7-24(21)28(31)33)26-8-9-27(35-26)20-10-17(14-30-15-20)11-23(34)13-25(32)18-2-5-22(29)6-3-18/h2-10,12,14-15H,11,13,16H2,1H3. The van der Waals surface area contributed by atoms with Crippen LogP contribution in [0.2, 0.25) is 0 Å². The van der Waals surface area contributed by atoms with Crippen LogP contribution in [0.4, 0.5) is 4.39 Å². The van der Waals surface area contributed by atoms with Gasteiger partial charge in [-0.05, 0) is 71.3 Å². The van der Waals surface area contributed by atoms with Gasteiger partial charge in [0, 0.05) is 70.1 Å². The van der Waals surface area contributed by atoms with Gasteiger partial charge in [0.25, 0.3) is 5.91 Å². The zero-order valence-electron chi connectivity index (χ0n) is 19.0. The number of hydrogen-bond acceptors (Lipinski definition) is 5. The number of carbonyl (C=O) groups is 2. The fourth-order valence-electron chi connectivity index (χ4n) is 4.19. The van der Waals surface area contributed by atoms with Crippen LogP contribution in [0.1, 0.15) is 38.3 Å². The summed E-state index contributed by atoms with van der Waals surface area (Å²) < 4.78 is 13.1. The number of amides is 1. The molecular formula is C28H21FN2O2S2. The van der Waals surface area contributed by atoms with E-state index in [0.29, 0.717) is 23.4 Å². The van der Waals surface area contributed by atoms with Gasteiger partial charge < -0.3 is 4.90 Å². The van der Waals surface area contributed by atoms with Gasteiger partial charge in [-0.15, -0.1) is 11.3 Å². The summed E-state index contributed by atoms with van der Waals surface area (Å²) in [4.78, 5) is 33.5. The third-order valence-corrected chi connectivity index (χ3v) is 7.46. The van der Waals surface area contributed by atoms with Gasteiger partial charge in [0.1, 0.15) is 5.82 Å². The van der Waals surface area contributed by atoms with E-state index in [-0.39, 0.29) is 23.9 Å². The fourth-order valence-corrected chi connectivity index (χ4v) is 5.47. The van der Waals surface area contributed by atoms with Crippen molar-refractivity contribution in [1.29, 1.82) is 0 Å². The first kappa shape index (κ1) is 23.2. The molecule has 0 aliphatic carbocycles. The van der Waals surface area contributed by atoms with E-state index >= 15 is 0 Å². The number of benzene rings is 2. The number of aromatic nitrogens is 1. The molecule has 2 aromatic carbocycles. The molecular weight excluding hydrogens is 479 g/mol. The summed E-state index contributed by atoms with van der Waals surface area (Å²) in [6.07, 6.45) is 4.18. The number of rotatable bonds is 7. The number of carbonyl (C=O) groups excluding carboxylic acids is 2. The monoisotopic (exact) mass is 500 g/mol. The number of fused-ring (bicyclic) bond motifs is 1. The third kappa shape index (κ3) is 4.97. The van der Waals surface area contributed by atoms with Crippen molar-refractivity contribution in [3.8, 4) is 20.9 Å². The topological polar surface area (TPSA) is 50.3 Å². The smallest absolute Gasteiger partial charge is 0.254 e. The van der Waals surface area contributed by atoms with E-state index in [1.54, 1.807) is 22.4 Å². The average molecular weight is 501 g/mol. The Hall–Kier alpha value is -3.55. The highest BCUT2D eigenvalue weighted by atomic mass is 32.1. The van der Waals surface area contributed by atoms with Crippen molar-refractivity contribution in [2.24, 2.45) is 0 Å². The number of Topliss-reactive ketones (excluding diaryl/α,β-unsaturated/α-hetero) is 1. The number of thiocarbonyl (C=S) groups is 1.